The zero-order chi connectivity index (χ0) is 25.6. The molecular weight excluding hydrogens is 541 g/mol. The number of hydrogen-bond acceptors (Lipinski definition) is 6. The maximum atomic E-state index is 13.3. The average Bonchev–Trinajstić information content (AvgIpc) is 2.83. The molecule has 0 bridgehead atoms. The third-order valence-electron chi connectivity index (χ3n) is 4.87. The first-order valence-electron chi connectivity index (χ1n) is 10.2. The number of nitrogens with zero attached hydrogens (tertiary/aromatic N) is 2. The minimum absolute atomic E-state index is 0.147. The van der Waals surface area contributed by atoms with Gasteiger partial charge in [0.25, 0.3) is 15.9 Å². The Kier molecular flexibility index (Phi) is 8.47. The molecule has 0 aromatic heterocycles. The van der Waals surface area contributed by atoms with Crippen LogP contribution in [0.25, 0.3) is 0 Å². The SMILES string of the molecule is COc1cc(/C=N\NC(=O)CN(c2ccc(C)cc2)S(=O)(=O)c2ccc(F)cc2)cc(Br)c1OC. The monoisotopic (exact) mass is 563 g/mol. The normalized spacial score (nSPS) is 11.3. The maximum absolute atomic E-state index is 13.3. The van der Waals surface area contributed by atoms with Gasteiger partial charge in [-0.2, -0.15) is 5.10 Å². The number of nitrogens with one attached hydrogen (secondary N) is 1. The van der Waals surface area contributed by atoms with E-state index in [-0.39, 0.29) is 10.6 Å². The third kappa shape index (κ3) is 6.37. The van der Waals surface area contributed by atoms with Crippen LogP contribution in [0.5, 0.6) is 11.5 Å². The Balaban J connectivity index is 1.83. The Morgan fingerprint density at radius 3 is 2.34 bits per heavy atom. The molecule has 184 valence electrons. The molecule has 1 amide bonds. The van der Waals surface area contributed by atoms with Crippen molar-refractivity contribution in [2.45, 2.75) is 11.8 Å². The van der Waals surface area contributed by atoms with Crippen LogP contribution in [0.1, 0.15) is 11.1 Å². The molecule has 0 saturated carbocycles. The summed E-state index contributed by atoms with van der Waals surface area (Å²) in [7, 11) is -1.16. The molecule has 3 rings (SSSR count). The number of carbonyl (C=O) groups is 1. The molecule has 8 nitrogen and oxygen atoms in total. The summed E-state index contributed by atoms with van der Waals surface area (Å²) in [5.41, 5.74) is 4.14. The Morgan fingerprint density at radius 1 is 1.09 bits per heavy atom. The topological polar surface area (TPSA) is 97.3 Å². The van der Waals surface area contributed by atoms with Crippen LogP contribution in [0, 0.1) is 12.7 Å². The fourth-order valence-electron chi connectivity index (χ4n) is 3.12. The highest BCUT2D eigenvalue weighted by Gasteiger charge is 2.27. The number of amides is 1. The van der Waals surface area contributed by atoms with Crippen LogP contribution in [0.4, 0.5) is 10.1 Å². The van der Waals surface area contributed by atoms with E-state index >= 15 is 0 Å². The number of benzene rings is 3. The summed E-state index contributed by atoms with van der Waals surface area (Å²) < 4.78 is 52.0. The second kappa shape index (κ2) is 11.3. The summed E-state index contributed by atoms with van der Waals surface area (Å²) in [4.78, 5) is 12.5. The van der Waals surface area contributed by atoms with E-state index in [0.717, 1.165) is 34.1 Å². The summed E-state index contributed by atoms with van der Waals surface area (Å²) in [5, 5.41) is 3.93. The van der Waals surface area contributed by atoms with Crippen LogP contribution in [0.3, 0.4) is 0 Å². The van der Waals surface area contributed by atoms with E-state index < -0.39 is 28.3 Å². The van der Waals surface area contributed by atoms with E-state index in [0.29, 0.717) is 21.5 Å². The second-order valence-electron chi connectivity index (χ2n) is 7.33. The molecule has 3 aromatic rings. The number of hydrogen-bond donors (Lipinski definition) is 1. The van der Waals surface area contributed by atoms with E-state index in [9.17, 15) is 17.6 Å². The first-order valence-corrected chi connectivity index (χ1v) is 12.5. The van der Waals surface area contributed by atoms with Gasteiger partial charge in [0, 0.05) is 0 Å². The van der Waals surface area contributed by atoms with E-state index in [2.05, 4.69) is 26.5 Å². The fourth-order valence-corrected chi connectivity index (χ4v) is 5.16. The molecule has 1 N–H and O–H groups in total. The first kappa shape index (κ1) is 26.2. The molecular formula is C24H23BrFN3O5S. The van der Waals surface area contributed by atoms with Gasteiger partial charge in [0.1, 0.15) is 12.4 Å². The minimum atomic E-state index is -4.16. The molecule has 11 heteroatoms. The molecule has 0 atom stereocenters. The van der Waals surface area contributed by atoms with Crippen molar-refractivity contribution >= 4 is 43.8 Å². The van der Waals surface area contributed by atoms with Crippen molar-refractivity contribution in [3.63, 3.8) is 0 Å². The summed E-state index contributed by atoms with van der Waals surface area (Å²) in [6.07, 6.45) is 1.38. The molecule has 3 aromatic carbocycles. The van der Waals surface area contributed by atoms with Gasteiger partial charge in [0.05, 0.1) is 35.5 Å². The number of anilines is 1. The van der Waals surface area contributed by atoms with Crippen molar-refractivity contribution < 1.29 is 27.1 Å². The number of methoxy groups -OCH3 is 2. The van der Waals surface area contributed by atoms with Gasteiger partial charge in [-0.3, -0.25) is 9.10 Å². The number of halogens is 2. The predicted molar refractivity (Wildman–Crippen MR) is 135 cm³/mol. The number of rotatable bonds is 9. The highest BCUT2D eigenvalue weighted by atomic mass is 79.9. The van der Waals surface area contributed by atoms with Crippen LogP contribution in [-0.4, -0.2) is 41.3 Å². The summed E-state index contributed by atoms with van der Waals surface area (Å²) in [5.74, 6) is -0.272. The lowest BCUT2D eigenvalue weighted by Crippen LogP contribution is -2.39. The predicted octanol–water partition coefficient (Wildman–Crippen LogP) is 4.26. The number of hydrazone groups is 1. The van der Waals surface area contributed by atoms with Crippen LogP contribution in [-0.2, 0) is 14.8 Å². The van der Waals surface area contributed by atoms with Crippen LogP contribution in [0.15, 0.2) is 75.1 Å². The first-order chi connectivity index (χ1) is 16.6. The molecule has 0 aliphatic carbocycles. The van der Waals surface area contributed by atoms with Crippen molar-refractivity contribution in [1.29, 1.82) is 0 Å². The maximum Gasteiger partial charge on any atom is 0.264 e. The van der Waals surface area contributed by atoms with E-state index in [1.807, 2.05) is 6.92 Å². The van der Waals surface area contributed by atoms with Gasteiger partial charge >= 0.3 is 0 Å². The van der Waals surface area contributed by atoms with Gasteiger partial charge in [-0.25, -0.2) is 18.2 Å². The Morgan fingerprint density at radius 2 is 1.74 bits per heavy atom. The van der Waals surface area contributed by atoms with E-state index in [1.54, 1.807) is 36.4 Å². The molecule has 0 unspecified atom stereocenters. The molecule has 0 saturated heterocycles. The van der Waals surface area contributed by atoms with Crippen molar-refractivity contribution in [1.82, 2.24) is 5.43 Å². The number of sulfonamides is 1. The van der Waals surface area contributed by atoms with Gasteiger partial charge < -0.3 is 9.47 Å². The summed E-state index contributed by atoms with van der Waals surface area (Å²) in [6, 6.07) is 14.4. The van der Waals surface area contributed by atoms with Gasteiger partial charge in [0.2, 0.25) is 0 Å². The Bertz CT molecular complexity index is 1330. The molecule has 35 heavy (non-hydrogen) atoms. The lowest BCUT2D eigenvalue weighted by molar-refractivity contribution is -0.119. The Hall–Kier alpha value is -3.44. The number of carbonyl (C=O) groups excluding carboxylic acids is 1. The summed E-state index contributed by atoms with van der Waals surface area (Å²) >= 11 is 3.38. The highest BCUT2D eigenvalue weighted by Crippen LogP contribution is 2.35. The zero-order valence-electron chi connectivity index (χ0n) is 19.2. The average molecular weight is 564 g/mol. The fraction of sp³-hybridized carbons (Fsp3) is 0.167. The molecule has 0 radical (unpaired) electrons. The second-order valence-corrected chi connectivity index (χ2v) is 10.0. The lowest BCUT2D eigenvalue weighted by Gasteiger charge is -2.23. The van der Waals surface area contributed by atoms with Crippen LogP contribution >= 0.6 is 15.9 Å². The number of aryl methyl sites for hydroxylation is 1. The molecule has 0 heterocycles. The van der Waals surface area contributed by atoms with E-state index in [4.69, 9.17) is 9.47 Å². The number of ether oxygens (including phenoxy) is 2. The standard InChI is InChI=1S/C24H23BrFN3O5S/c1-16-4-8-19(9-5-16)29(35(31,32)20-10-6-18(26)7-11-20)15-23(30)28-27-14-17-12-21(25)24(34-3)22(13-17)33-2/h4-14H,15H2,1-3H3,(H,28,30)/b27-14-. The summed E-state index contributed by atoms with van der Waals surface area (Å²) in [6.45, 7) is 1.31. The molecule has 0 fully saturated rings. The van der Waals surface area contributed by atoms with Crippen molar-refractivity contribution in [2.75, 3.05) is 25.1 Å². The molecule has 0 aliphatic rings. The minimum Gasteiger partial charge on any atom is -0.493 e. The lowest BCUT2D eigenvalue weighted by atomic mass is 10.2. The van der Waals surface area contributed by atoms with Gasteiger partial charge in [-0.1, -0.05) is 17.7 Å². The van der Waals surface area contributed by atoms with Crippen molar-refractivity contribution in [2.24, 2.45) is 5.10 Å². The highest BCUT2D eigenvalue weighted by molar-refractivity contribution is 9.10. The molecule has 0 spiro atoms. The Labute approximate surface area is 211 Å². The van der Waals surface area contributed by atoms with Gasteiger partial charge in [-0.05, 0) is 76.9 Å². The molecule has 0 aliphatic heterocycles. The largest absolute Gasteiger partial charge is 0.493 e. The van der Waals surface area contributed by atoms with Crippen LogP contribution < -0.4 is 19.2 Å². The van der Waals surface area contributed by atoms with Crippen molar-refractivity contribution in [3.05, 3.63) is 82.1 Å². The van der Waals surface area contributed by atoms with Crippen LogP contribution in [0.2, 0.25) is 0 Å². The third-order valence-corrected chi connectivity index (χ3v) is 7.25. The zero-order valence-corrected chi connectivity index (χ0v) is 21.6. The quantitative estimate of drug-likeness (QED) is 0.310. The van der Waals surface area contributed by atoms with Gasteiger partial charge in [0.15, 0.2) is 11.5 Å². The smallest absolute Gasteiger partial charge is 0.264 e. The van der Waals surface area contributed by atoms with E-state index in [1.165, 1.54) is 20.4 Å². The van der Waals surface area contributed by atoms with Gasteiger partial charge in [-0.15, -0.1) is 0 Å². The van der Waals surface area contributed by atoms with Crippen molar-refractivity contribution in [3.8, 4) is 11.5 Å².